The summed E-state index contributed by atoms with van der Waals surface area (Å²) in [4.78, 5) is 0. The smallest absolute Gasteiger partial charge is 0.454 e. The molecular weight excluding hydrogens is 305 g/mol. The molecule has 0 rings (SSSR count). The second-order valence-electron chi connectivity index (χ2n) is 6.71. The van der Waals surface area contributed by atoms with Gasteiger partial charge in [0.1, 0.15) is 0 Å². The van der Waals surface area contributed by atoms with Crippen molar-refractivity contribution < 1.29 is 26.8 Å². The van der Waals surface area contributed by atoms with Gasteiger partial charge in [0.2, 0.25) is 16.6 Å². The SMILES string of the molecule is CC(C)OC(O[Si](C)(C)C)=C(O[Si](C)(C)C)C(F)(F)F. The Balaban J connectivity index is 5.72. The molecule has 20 heavy (non-hydrogen) atoms. The first kappa shape index (κ1) is 19.4. The van der Waals surface area contributed by atoms with E-state index in [1.54, 1.807) is 53.1 Å². The maximum atomic E-state index is 13.2. The molecule has 8 heteroatoms. The second kappa shape index (κ2) is 6.42. The minimum atomic E-state index is -4.63. The van der Waals surface area contributed by atoms with Gasteiger partial charge >= 0.3 is 12.1 Å². The molecule has 0 aliphatic heterocycles. The Morgan fingerprint density at radius 3 is 1.50 bits per heavy atom. The summed E-state index contributed by atoms with van der Waals surface area (Å²) in [6, 6.07) is 0. The highest BCUT2D eigenvalue weighted by atomic mass is 28.4. The van der Waals surface area contributed by atoms with Crippen LogP contribution < -0.4 is 0 Å². The summed E-state index contributed by atoms with van der Waals surface area (Å²) >= 11 is 0. The molecule has 0 aromatic rings. The lowest BCUT2D eigenvalue weighted by atomic mass is 10.4. The molecule has 0 saturated carbocycles. The van der Waals surface area contributed by atoms with Crippen molar-refractivity contribution in [3.05, 3.63) is 11.7 Å². The highest BCUT2D eigenvalue weighted by Crippen LogP contribution is 2.34. The van der Waals surface area contributed by atoms with E-state index < -0.39 is 40.6 Å². The Morgan fingerprint density at radius 2 is 1.25 bits per heavy atom. The lowest BCUT2D eigenvalue weighted by Crippen LogP contribution is -2.35. The molecule has 3 nitrogen and oxygen atoms in total. The van der Waals surface area contributed by atoms with Crippen molar-refractivity contribution in [2.24, 2.45) is 0 Å². The maximum Gasteiger partial charge on any atom is 0.454 e. The van der Waals surface area contributed by atoms with E-state index in [2.05, 4.69) is 0 Å². The zero-order chi connectivity index (χ0) is 16.4. The average Bonchev–Trinajstić information content (AvgIpc) is 2.06. The first-order valence-corrected chi connectivity index (χ1v) is 13.3. The lowest BCUT2D eigenvalue weighted by Gasteiger charge is -2.29. The summed E-state index contributed by atoms with van der Waals surface area (Å²) in [5.41, 5.74) is 0. The van der Waals surface area contributed by atoms with Gasteiger partial charge in [-0.15, -0.1) is 0 Å². The molecule has 0 saturated heterocycles. The van der Waals surface area contributed by atoms with Gasteiger partial charge in [-0.2, -0.15) is 13.2 Å². The Kier molecular flexibility index (Phi) is 6.22. The molecule has 0 N–H and O–H groups in total. The molecule has 0 fully saturated rings. The number of hydrogen-bond acceptors (Lipinski definition) is 3. The lowest BCUT2D eigenvalue weighted by molar-refractivity contribution is -0.129. The quantitative estimate of drug-likeness (QED) is 0.515. The zero-order valence-electron chi connectivity index (χ0n) is 13.4. The molecule has 0 unspecified atom stereocenters. The zero-order valence-corrected chi connectivity index (χ0v) is 15.4. The third-order valence-corrected chi connectivity index (χ3v) is 3.21. The first-order valence-electron chi connectivity index (χ1n) is 6.48. The fraction of sp³-hybridized carbons (Fsp3) is 0.833. The van der Waals surface area contributed by atoms with Crippen molar-refractivity contribution in [2.45, 2.75) is 65.4 Å². The van der Waals surface area contributed by atoms with Gasteiger partial charge in [0.25, 0.3) is 5.76 Å². The summed E-state index contributed by atoms with van der Waals surface area (Å²) in [5.74, 6) is -1.68. The number of hydrogen-bond donors (Lipinski definition) is 0. The van der Waals surface area contributed by atoms with Crippen molar-refractivity contribution >= 4 is 16.6 Å². The first-order chi connectivity index (χ1) is 8.62. The standard InChI is InChI=1S/C12H25F3O3Si2/c1-9(2)16-11(18-20(6,7)8)10(12(13,14)15)17-19(3,4)5/h9H,1-8H3. The van der Waals surface area contributed by atoms with E-state index >= 15 is 0 Å². The molecule has 120 valence electrons. The van der Waals surface area contributed by atoms with Crippen molar-refractivity contribution in [3.63, 3.8) is 0 Å². The molecule has 0 heterocycles. The van der Waals surface area contributed by atoms with E-state index in [-0.39, 0.29) is 0 Å². The predicted octanol–water partition coefficient (Wildman–Crippen LogP) is 4.85. The summed E-state index contributed by atoms with van der Waals surface area (Å²) < 4.78 is 55.5. The summed E-state index contributed by atoms with van der Waals surface area (Å²) in [6.45, 7) is 13.7. The molecule has 0 aliphatic rings. The average molecular weight is 330 g/mol. The maximum absolute atomic E-state index is 13.2. The van der Waals surface area contributed by atoms with Gasteiger partial charge in [-0.3, -0.25) is 0 Å². The van der Waals surface area contributed by atoms with E-state index in [9.17, 15) is 13.2 Å². The minimum Gasteiger partial charge on any atom is -0.536 e. The highest BCUT2D eigenvalue weighted by molar-refractivity contribution is 6.70. The Labute approximate surface area is 121 Å². The molecule has 0 bridgehead atoms. The van der Waals surface area contributed by atoms with Gasteiger partial charge in [-0.05, 0) is 53.1 Å². The Bertz CT molecular complexity index is 352. The van der Waals surface area contributed by atoms with Crippen LogP contribution in [0, 0.1) is 0 Å². The van der Waals surface area contributed by atoms with E-state index in [0.717, 1.165) is 0 Å². The number of allylic oxidation sites excluding steroid dienone is 1. The van der Waals surface area contributed by atoms with Crippen LogP contribution in [0.15, 0.2) is 11.7 Å². The Hall–Kier alpha value is -0.636. The second-order valence-corrected chi connectivity index (χ2v) is 15.6. The van der Waals surface area contributed by atoms with Gasteiger partial charge in [0.05, 0.1) is 6.10 Å². The molecule has 0 atom stereocenters. The van der Waals surface area contributed by atoms with Crippen LogP contribution in [-0.4, -0.2) is 28.9 Å². The molecule has 0 spiro atoms. The van der Waals surface area contributed by atoms with E-state index in [1.807, 2.05) is 0 Å². The summed E-state index contributed by atoms with van der Waals surface area (Å²) in [5, 5.41) is 0. The fourth-order valence-electron chi connectivity index (χ4n) is 1.14. The van der Waals surface area contributed by atoms with Crippen LogP contribution >= 0.6 is 0 Å². The third kappa shape index (κ3) is 8.52. The molecule has 0 aromatic heterocycles. The van der Waals surface area contributed by atoms with Crippen LogP contribution in [0.3, 0.4) is 0 Å². The van der Waals surface area contributed by atoms with Gasteiger partial charge in [-0.1, -0.05) is 0 Å². The molecule has 0 radical (unpaired) electrons. The molecular formula is C12H25F3O3Si2. The third-order valence-electron chi connectivity index (χ3n) is 1.59. The molecule has 0 aliphatic carbocycles. The van der Waals surface area contributed by atoms with Gasteiger partial charge in [0.15, 0.2) is 0 Å². The van der Waals surface area contributed by atoms with Crippen molar-refractivity contribution in [1.82, 2.24) is 0 Å². The molecule has 0 aromatic carbocycles. The van der Waals surface area contributed by atoms with Crippen LogP contribution in [0.4, 0.5) is 13.2 Å². The largest absolute Gasteiger partial charge is 0.536 e. The van der Waals surface area contributed by atoms with Crippen LogP contribution in [0.5, 0.6) is 0 Å². The highest BCUT2D eigenvalue weighted by Gasteiger charge is 2.44. The van der Waals surface area contributed by atoms with Crippen LogP contribution in [-0.2, 0) is 13.6 Å². The van der Waals surface area contributed by atoms with E-state index in [4.69, 9.17) is 13.6 Å². The number of ether oxygens (including phenoxy) is 1. The number of halogens is 3. The van der Waals surface area contributed by atoms with Crippen molar-refractivity contribution in [3.8, 4) is 0 Å². The summed E-state index contributed by atoms with van der Waals surface area (Å²) in [6.07, 6.45) is -5.06. The van der Waals surface area contributed by atoms with E-state index in [0.29, 0.717) is 0 Å². The molecule has 0 amide bonds. The van der Waals surface area contributed by atoms with Gasteiger partial charge in [-0.25, -0.2) is 0 Å². The fourth-order valence-corrected chi connectivity index (χ4v) is 2.65. The van der Waals surface area contributed by atoms with Crippen molar-refractivity contribution in [2.75, 3.05) is 0 Å². The van der Waals surface area contributed by atoms with Crippen LogP contribution in [0.1, 0.15) is 13.8 Å². The Morgan fingerprint density at radius 1 is 0.850 bits per heavy atom. The van der Waals surface area contributed by atoms with Crippen LogP contribution in [0.2, 0.25) is 39.3 Å². The summed E-state index contributed by atoms with van der Waals surface area (Å²) in [7, 11) is -4.69. The topological polar surface area (TPSA) is 27.7 Å². The van der Waals surface area contributed by atoms with Gasteiger partial charge < -0.3 is 13.6 Å². The van der Waals surface area contributed by atoms with E-state index in [1.165, 1.54) is 0 Å². The number of rotatable bonds is 6. The normalized spacial score (nSPS) is 15.0. The minimum absolute atomic E-state index is 0.427. The predicted molar refractivity (Wildman–Crippen MR) is 78.2 cm³/mol. The monoisotopic (exact) mass is 330 g/mol. The van der Waals surface area contributed by atoms with Crippen LogP contribution in [0.25, 0.3) is 0 Å². The number of alkyl halides is 3. The van der Waals surface area contributed by atoms with Crippen molar-refractivity contribution in [1.29, 1.82) is 0 Å². The van der Waals surface area contributed by atoms with Gasteiger partial charge in [0, 0.05) is 0 Å².